The van der Waals surface area contributed by atoms with Crippen LogP contribution < -0.4 is 9.47 Å². The molecule has 174 valence electrons. The fourth-order valence-corrected chi connectivity index (χ4v) is 3.04. The standard InChI is InChI=1S/C23H26F3NO5/c1-5-27(15(3)28)14-17-13-18(23(24,25)26)8-10-19(17)32-21-11-16(7-9-20(21)30-4)12-22(29)31-6-2/h7-11,13H,5-6,12,14H2,1-4H3. The number of carbonyl (C=O) groups excluding carboxylic acids is 2. The second-order valence-corrected chi connectivity index (χ2v) is 6.92. The van der Waals surface area contributed by atoms with Crippen LogP contribution in [0, 0.1) is 0 Å². The molecule has 0 spiro atoms. The lowest BCUT2D eigenvalue weighted by Crippen LogP contribution is -2.28. The van der Waals surface area contributed by atoms with Gasteiger partial charge in [0.25, 0.3) is 0 Å². The van der Waals surface area contributed by atoms with Crippen molar-refractivity contribution in [3.8, 4) is 17.2 Å². The number of halogens is 3. The number of hydrogen-bond donors (Lipinski definition) is 0. The van der Waals surface area contributed by atoms with E-state index in [-0.39, 0.29) is 42.5 Å². The third-order valence-corrected chi connectivity index (χ3v) is 4.68. The highest BCUT2D eigenvalue weighted by Crippen LogP contribution is 2.37. The zero-order valence-corrected chi connectivity index (χ0v) is 18.4. The maximum Gasteiger partial charge on any atom is 0.416 e. The van der Waals surface area contributed by atoms with E-state index in [0.717, 1.165) is 12.1 Å². The summed E-state index contributed by atoms with van der Waals surface area (Å²) in [5.74, 6) is 0.0107. The number of amides is 1. The normalized spacial score (nSPS) is 11.1. The van der Waals surface area contributed by atoms with Crippen LogP contribution in [0.3, 0.4) is 0 Å². The van der Waals surface area contributed by atoms with Crippen molar-refractivity contribution in [3.05, 3.63) is 53.1 Å². The molecule has 0 aromatic heterocycles. The van der Waals surface area contributed by atoms with Gasteiger partial charge in [-0.2, -0.15) is 13.2 Å². The van der Waals surface area contributed by atoms with E-state index in [1.807, 2.05) is 0 Å². The van der Waals surface area contributed by atoms with Crippen LogP contribution in [0.15, 0.2) is 36.4 Å². The molecule has 0 aliphatic heterocycles. The van der Waals surface area contributed by atoms with E-state index in [1.165, 1.54) is 25.0 Å². The SMILES string of the molecule is CCOC(=O)Cc1ccc(OC)c(Oc2ccc(C(F)(F)F)cc2CN(CC)C(C)=O)c1. The lowest BCUT2D eigenvalue weighted by Gasteiger charge is -2.22. The first-order valence-corrected chi connectivity index (χ1v) is 10.0. The molecule has 0 atom stereocenters. The Balaban J connectivity index is 2.45. The average Bonchev–Trinajstić information content (AvgIpc) is 2.72. The van der Waals surface area contributed by atoms with Gasteiger partial charge in [-0.1, -0.05) is 6.07 Å². The van der Waals surface area contributed by atoms with Gasteiger partial charge < -0.3 is 19.1 Å². The van der Waals surface area contributed by atoms with E-state index in [0.29, 0.717) is 17.9 Å². The maximum absolute atomic E-state index is 13.3. The van der Waals surface area contributed by atoms with Crippen molar-refractivity contribution in [2.75, 3.05) is 20.3 Å². The summed E-state index contributed by atoms with van der Waals surface area (Å²) in [5.41, 5.74) is -0.0659. The molecule has 0 bridgehead atoms. The number of rotatable bonds is 9. The summed E-state index contributed by atoms with van der Waals surface area (Å²) < 4.78 is 56.0. The van der Waals surface area contributed by atoms with Gasteiger partial charge in [-0.3, -0.25) is 9.59 Å². The monoisotopic (exact) mass is 453 g/mol. The van der Waals surface area contributed by atoms with Crippen molar-refractivity contribution in [2.24, 2.45) is 0 Å². The summed E-state index contributed by atoms with van der Waals surface area (Å²) in [5, 5.41) is 0. The second kappa shape index (κ2) is 10.9. The molecule has 0 unspecified atom stereocenters. The van der Waals surface area contributed by atoms with Crippen molar-refractivity contribution in [2.45, 2.75) is 39.9 Å². The fraction of sp³-hybridized carbons (Fsp3) is 0.391. The summed E-state index contributed by atoms with van der Waals surface area (Å²) in [7, 11) is 1.43. The molecule has 32 heavy (non-hydrogen) atoms. The molecule has 0 heterocycles. The number of benzene rings is 2. The lowest BCUT2D eigenvalue weighted by molar-refractivity contribution is -0.142. The zero-order chi connectivity index (χ0) is 23.9. The lowest BCUT2D eigenvalue weighted by atomic mass is 10.1. The van der Waals surface area contributed by atoms with Crippen LogP contribution >= 0.6 is 0 Å². The molecule has 0 aliphatic rings. The average molecular weight is 453 g/mol. The molecule has 0 saturated carbocycles. The molecular formula is C23H26F3NO5. The molecule has 0 radical (unpaired) electrons. The number of carbonyl (C=O) groups is 2. The summed E-state index contributed by atoms with van der Waals surface area (Å²) in [6.45, 7) is 5.29. The third-order valence-electron chi connectivity index (χ3n) is 4.68. The Morgan fingerprint density at radius 1 is 1.00 bits per heavy atom. The second-order valence-electron chi connectivity index (χ2n) is 6.92. The quantitative estimate of drug-likeness (QED) is 0.501. The Morgan fingerprint density at radius 2 is 1.69 bits per heavy atom. The number of esters is 1. The van der Waals surface area contributed by atoms with Crippen LogP contribution in [0.25, 0.3) is 0 Å². The van der Waals surface area contributed by atoms with Gasteiger partial charge in [-0.15, -0.1) is 0 Å². The molecule has 2 rings (SSSR count). The highest BCUT2D eigenvalue weighted by molar-refractivity contribution is 5.73. The fourth-order valence-electron chi connectivity index (χ4n) is 3.04. The minimum absolute atomic E-state index is 0.00200. The predicted molar refractivity (Wildman–Crippen MR) is 112 cm³/mol. The van der Waals surface area contributed by atoms with E-state index in [9.17, 15) is 22.8 Å². The van der Waals surface area contributed by atoms with Crippen LogP contribution in [0.5, 0.6) is 17.2 Å². The number of methoxy groups -OCH3 is 1. The van der Waals surface area contributed by atoms with Crippen LogP contribution in [0.1, 0.15) is 37.5 Å². The molecule has 0 N–H and O–H groups in total. The molecule has 0 saturated heterocycles. The summed E-state index contributed by atoms with van der Waals surface area (Å²) in [6, 6.07) is 7.93. The number of hydrogen-bond acceptors (Lipinski definition) is 5. The Hall–Kier alpha value is -3.23. The maximum atomic E-state index is 13.3. The van der Waals surface area contributed by atoms with Crippen molar-refractivity contribution in [1.29, 1.82) is 0 Å². The number of ether oxygens (including phenoxy) is 3. The highest BCUT2D eigenvalue weighted by atomic mass is 19.4. The first kappa shape index (κ1) is 25.0. The van der Waals surface area contributed by atoms with Gasteiger partial charge in [-0.25, -0.2) is 0 Å². The molecule has 0 aliphatic carbocycles. The van der Waals surface area contributed by atoms with Crippen molar-refractivity contribution >= 4 is 11.9 Å². The van der Waals surface area contributed by atoms with Gasteiger partial charge in [0.15, 0.2) is 11.5 Å². The molecule has 6 nitrogen and oxygen atoms in total. The Kier molecular flexibility index (Phi) is 8.51. The number of alkyl halides is 3. The Labute approximate surface area is 184 Å². The van der Waals surface area contributed by atoms with Crippen LogP contribution in [0.4, 0.5) is 13.2 Å². The predicted octanol–water partition coefficient (Wildman–Crippen LogP) is 4.98. The van der Waals surface area contributed by atoms with Crippen molar-refractivity contribution in [1.82, 2.24) is 4.90 Å². The van der Waals surface area contributed by atoms with Crippen LogP contribution in [-0.4, -0.2) is 37.0 Å². The van der Waals surface area contributed by atoms with E-state index >= 15 is 0 Å². The van der Waals surface area contributed by atoms with E-state index < -0.39 is 17.7 Å². The van der Waals surface area contributed by atoms with Crippen molar-refractivity contribution < 1.29 is 37.0 Å². The van der Waals surface area contributed by atoms with Gasteiger partial charge in [-0.05, 0) is 49.7 Å². The number of nitrogens with zero attached hydrogens (tertiary/aromatic N) is 1. The molecule has 1 amide bonds. The Morgan fingerprint density at radius 3 is 2.25 bits per heavy atom. The van der Waals surface area contributed by atoms with Gasteiger partial charge in [0, 0.05) is 25.6 Å². The molecule has 2 aromatic rings. The van der Waals surface area contributed by atoms with E-state index in [1.54, 1.807) is 32.0 Å². The zero-order valence-electron chi connectivity index (χ0n) is 18.4. The van der Waals surface area contributed by atoms with Crippen LogP contribution in [-0.2, 0) is 33.5 Å². The first-order valence-electron chi connectivity index (χ1n) is 10.0. The molecular weight excluding hydrogens is 427 g/mol. The molecule has 9 heteroatoms. The Bertz CT molecular complexity index is 959. The van der Waals surface area contributed by atoms with Crippen molar-refractivity contribution in [3.63, 3.8) is 0 Å². The molecule has 0 fully saturated rings. The topological polar surface area (TPSA) is 65.1 Å². The smallest absolute Gasteiger partial charge is 0.416 e. The van der Waals surface area contributed by atoms with Crippen LogP contribution in [0.2, 0.25) is 0 Å². The molecule has 2 aromatic carbocycles. The van der Waals surface area contributed by atoms with E-state index in [4.69, 9.17) is 14.2 Å². The largest absolute Gasteiger partial charge is 0.493 e. The summed E-state index contributed by atoms with van der Waals surface area (Å²) >= 11 is 0. The van der Waals surface area contributed by atoms with Gasteiger partial charge in [0.1, 0.15) is 5.75 Å². The third kappa shape index (κ3) is 6.63. The van der Waals surface area contributed by atoms with Gasteiger partial charge in [0.05, 0.1) is 25.7 Å². The summed E-state index contributed by atoms with van der Waals surface area (Å²) in [4.78, 5) is 25.0. The van der Waals surface area contributed by atoms with E-state index in [2.05, 4.69) is 0 Å². The highest BCUT2D eigenvalue weighted by Gasteiger charge is 2.31. The first-order chi connectivity index (χ1) is 15.1. The minimum atomic E-state index is -4.54. The van der Waals surface area contributed by atoms with Gasteiger partial charge in [0.2, 0.25) is 5.91 Å². The van der Waals surface area contributed by atoms with Gasteiger partial charge >= 0.3 is 12.1 Å². The summed E-state index contributed by atoms with van der Waals surface area (Å²) in [6.07, 6.45) is -4.54. The minimum Gasteiger partial charge on any atom is -0.493 e.